The lowest BCUT2D eigenvalue weighted by molar-refractivity contribution is -0.872. The Kier molecular flexibility index (Phi) is 5.29. The summed E-state index contributed by atoms with van der Waals surface area (Å²) in [6.07, 6.45) is 4.52. The minimum atomic E-state index is 0.116. The third-order valence-electron chi connectivity index (χ3n) is 2.90. The predicted octanol–water partition coefficient (Wildman–Crippen LogP) is 3.00. The number of ketones is 1. The number of allylic oxidation sites excluding steroid dienone is 1. The number of nitrogens with zero attached hydrogens (tertiary/aromatic N) is 1. The van der Waals surface area contributed by atoms with Gasteiger partial charge in [-0.05, 0) is 18.1 Å². The summed E-state index contributed by atoms with van der Waals surface area (Å²) in [5, 5.41) is 0. The fraction of sp³-hybridized carbons (Fsp3) is 0.438. The van der Waals surface area contributed by atoms with E-state index in [1.165, 1.54) is 0 Å². The van der Waals surface area contributed by atoms with Crippen molar-refractivity contribution in [3.05, 3.63) is 42.0 Å². The molecule has 0 spiro atoms. The number of rotatable bonds is 6. The van der Waals surface area contributed by atoms with Crippen LogP contribution in [0, 0.1) is 5.92 Å². The molecule has 0 radical (unpaired) electrons. The van der Waals surface area contributed by atoms with Gasteiger partial charge in [-0.2, -0.15) is 0 Å². The van der Waals surface area contributed by atoms with E-state index in [1.54, 1.807) is 6.08 Å². The van der Waals surface area contributed by atoms with E-state index in [0.717, 1.165) is 23.0 Å². The van der Waals surface area contributed by atoms with Crippen LogP contribution in [0.2, 0.25) is 0 Å². The quantitative estimate of drug-likeness (QED) is 0.557. The highest BCUT2D eigenvalue weighted by atomic mass is 16.1. The molecular weight excluding hydrogens is 222 g/mol. The van der Waals surface area contributed by atoms with Crippen LogP contribution in [-0.4, -0.2) is 38.0 Å². The van der Waals surface area contributed by atoms with Gasteiger partial charge in [0, 0.05) is 0 Å². The van der Waals surface area contributed by atoms with Crippen molar-refractivity contribution >= 4 is 11.9 Å². The summed E-state index contributed by atoms with van der Waals surface area (Å²) >= 11 is 0. The maximum Gasteiger partial charge on any atom is 0.164 e. The first kappa shape index (κ1) is 14.7. The molecule has 18 heavy (non-hydrogen) atoms. The first-order valence-corrected chi connectivity index (χ1v) is 6.50. The van der Waals surface area contributed by atoms with Crippen LogP contribution in [0.1, 0.15) is 18.9 Å². The molecule has 2 heteroatoms. The highest BCUT2D eigenvalue weighted by molar-refractivity contribution is 5.95. The Morgan fingerprint density at radius 1 is 1.22 bits per heavy atom. The SMILES string of the molecule is CCC(C[N+](C)(C)C)C(=O)C=Cc1ccccc1. The van der Waals surface area contributed by atoms with Crippen molar-refractivity contribution in [2.45, 2.75) is 13.3 Å². The molecule has 2 nitrogen and oxygen atoms in total. The fourth-order valence-electron chi connectivity index (χ4n) is 1.96. The van der Waals surface area contributed by atoms with Gasteiger partial charge >= 0.3 is 0 Å². The zero-order valence-corrected chi connectivity index (χ0v) is 11.9. The number of carbonyl (C=O) groups excluding carboxylic acids is 1. The van der Waals surface area contributed by atoms with Crippen LogP contribution in [-0.2, 0) is 4.79 Å². The lowest BCUT2D eigenvalue weighted by Crippen LogP contribution is -2.41. The van der Waals surface area contributed by atoms with Crippen LogP contribution in [0.5, 0.6) is 0 Å². The zero-order chi connectivity index (χ0) is 13.6. The molecule has 0 saturated carbocycles. The van der Waals surface area contributed by atoms with Crippen LogP contribution in [0.3, 0.4) is 0 Å². The summed E-state index contributed by atoms with van der Waals surface area (Å²) in [6.45, 7) is 2.96. The van der Waals surface area contributed by atoms with Gasteiger partial charge in [-0.15, -0.1) is 0 Å². The maximum absolute atomic E-state index is 12.1. The van der Waals surface area contributed by atoms with E-state index in [1.807, 2.05) is 36.4 Å². The van der Waals surface area contributed by atoms with E-state index in [-0.39, 0.29) is 11.7 Å². The molecule has 0 bridgehead atoms. The maximum atomic E-state index is 12.1. The Labute approximate surface area is 111 Å². The summed E-state index contributed by atoms with van der Waals surface area (Å²) in [7, 11) is 6.37. The first-order chi connectivity index (χ1) is 8.42. The van der Waals surface area contributed by atoms with E-state index in [2.05, 4.69) is 28.1 Å². The normalized spacial score (nSPS) is 13.8. The van der Waals surface area contributed by atoms with Crippen molar-refractivity contribution in [1.82, 2.24) is 0 Å². The Balaban J connectivity index is 2.66. The molecular formula is C16H24NO+. The minimum Gasteiger partial charge on any atom is -0.330 e. The van der Waals surface area contributed by atoms with Crippen molar-refractivity contribution in [3.63, 3.8) is 0 Å². The van der Waals surface area contributed by atoms with Crippen molar-refractivity contribution < 1.29 is 9.28 Å². The van der Waals surface area contributed by atoms with Gasteiger partial charge < -0.3 is 4.48 Å². The first-order valence-electron chi connectivity index (χ1n) is 6.50. The van der Waals surface area contributed by atoms with Crippen LogP contribution in [0.25, 0.3) is 6.08 Å². The number of quaternary nitrogens is 1. The number of hydrogen-bond donors (Lipinski definition) is 0. The highest BCUT2D eigenvalue weighted by Crippen LogP contribution is 2.11. The molecule has 0 fully saturated rings. The average Bonchev–Trinajstić information content (AvgIpc) is 2.33. The summed E-state index contributed by atoms with van der Waals surface area (Å²) in [6, 6.07) is 9.95. The van der Waals surface area contributed by atoms with Gasteiger partial charge in [0.1, 0.15) is 0 Å². The topological polar surface area (TPSA) is 17.1 Å². The average molecular weight is 246 g/mol. The molecule has 0 aliphatic rings. The monoisotopic (exact) mass is 246 g/mol. The molecule has 0 aliphatic heterocycles. The summed E-state index contributed by atoms with van der Waals surface area (Å²) in [4.78, 5) is 12.1. The number of benzene rings is 1. The van der Waals surface area contributed by atoms with Crippen molar-refractivity contribution in [2.75, 3.05) is 27.7 Å². The summed E-state index contributed by atoms with van der Waals surface area (Å²) < 4.78 is 0.823. The standard InChI is InChI=1S/C16H24NO/c1-5-15(13-17(2,3)4)16(18)12-11-14-9-7-6-8-10-14/h6-12,15H,5,13H2,1-4H3/q+1. The largest absolute Gasteiger partial charge is 0.330 e. The highest BCUT2D eigenvalue weighted by Gasteiger charge is 2.21. The smallest absolute Gasteiger partial charge is 0.164 e. The third-order valence-corrected chi connectivity index (χ3v) is 2.90. The van der Waals surface area contributed by atoms with E-state index in [0.29, 0.717) is 0 Å². The van der Waals surface area contributed by atoms with Gasteiger partial charge in [0.25, 0.3) is 0 Å². The van der Waals surface area contributed by atoms with Crippen molar-refractivity contribution in [1.29, 1.82) is 0 Å². The van der Waals surface area contributed by atoms with Gasteiger partial charge in [-0.1, -0.05) is 43.3 Å². The molecule has 1 atom stereocenters. The molecule has 1 aromatic rings. The molecule has 0 aliphatic carbocycles. The van der Waals surface area contributed by atoms with E-state index >= 15 is 0 Å². The molecule has 0 saturated heterocycles. The Morgan fingerprint density at radius 3 is 2.33 bits per heavy atom. The Morgan fingerprint density at radius 2 is 1.83 bits per heavy atom. The molecule has 98 valence electrons. The van der Waals surface area contributed by atoms with Crippen LogP contribution in [0.4, 0.5) is 0 Å². The Hall–Kier alpha value is -1.41. The molecule has 0 amide bonds. The van der Waals surface area contributed by atoms with Crippen molar-refractivity contribution in [3.8, 4) is 0 Å². The van der Waals surface area contributed by atoms with E-state index in [4.69, 9.17) is 0 Å². The summed E-state index contributed by atoms with van der Waals surface area (Å²) in [5.41, 5.74) is 1.07. The molecule has 1 aromatic carbocycles. The number of hydrogen-bond acceptors (Lipinski definition) is 1. The number of carbonyl (C=O) groups is 1. The molecule has 1 rings (SSSR count). The Bertz CT molecular complexity index is 401. The van der Waals surface area contributed by atoms with Crippen LogP contribution < -0.4 is 0 Å². The second-order valence-corrected chi connectivity index (χ2v) is 5.72. The zero-order valence-electron chi connectivity index (χ0n) is 11.9. The van der Waals surface area contributed by atoms with Gasteiger partial charge in [0.15, 0.2) is 5.78 Å². The van der Waals surface area contributed by atoms with E-state index in [9.17, 15) is 4.79 Å². The molecule has 0 N–H and O–H groups in total. The third kappa shape index (κ3) is 5.28. The van der Waals surface area contributed by atoms with E-state index < -0.39 is 0 Å². The van der Waals surface area contributed by atoms with Gasteiger partial charge in [-0.3, -0.25) is 4.79 Å². The van der Waals surface area contributed by atoms with Crippen molar-refractivity contribution in [2.24, 2.45) is 5.92 Å². The summed E-state index contributed by atoms with van der Waals surface area (Å²) in [5.74, 6) is 0.347. The van der Waals surface area contributed by atoms with Crippen LogP contribution in [0.15, 0.2) is 36.4 Å². The fourth-order valence-corrected chi connectivity index (χ4v) is 1.96. The lowest BCUT2D eigenvalue weighted by atomic mass is 9.99. The second-order valence-electron chi connectivity index (χ2n) is 5.72. The second kappa shape index (κ2) is 6.50. The molecule has 0 heterocycles. The predicted molar refractivity (Wildman–Crippen MR) is 77.2 cm³/mol. The van der Waals surface area contributed by atoms with Gasteiger partial charge in [0.05, 0.1) is 33.6 Å². The molecule has 0 aromatic heterocycles. The van der Waals surface area contributed by atoms with Crippen LogP contribution >= 0.6 is 0 Å². The molecule has 1 unspecified atom stereocenters. The van der Waals surface area contributed by atoms with Gasteiger partial charge in [-0.25, -0.2) is 0 Å². The van der Waals surface area contributed by atoms with Gasteiger partial charge in [0.2, 0.25) is 0 Å². The minimum absolute atomic E-state index is 0.116. The lowest BCUT2D eigenvalue weighted by Gasteiger charge is -2.27.